The number of hydrogen-bond acceptors (Lipinski definition) is 4. The highest BCUT2D eigenvalue weighted by Crippen LogP contribution is 2.20. The molecule has 5 heteroatoms. The summed E-state index contributed by atoms with van der Waals surface area (Å²) in [6.45, 7) is -0.0932. The Morgan fingerprint density at radius 2 is 1.50 bits per heavy atom. The third-order valence-corrected chi connectivity index (χ3v) is 4.81. The number of nitrogens with two attached hydrogens (primary N) is 1. The largest absolute Gasteiger partial charge is 0.395 e. The van der Waals surface area contributed by atoms with Gasteiger partial charge in [-0.05, 0) is 36.2 Å². The molecule has 1 atom stereocenters. The molecule has 0 saturated carbocycles. The van der Waals surface area contributed by atoms with Crippen LogP contribution in [-0.2, 0) is 16.3 Å². The summed E-state index contributed by atoms with van der Waals surface area (Å²) < 4.78 is 24.7. The number of aliphatic hydroxyl groups is 1. The van der Waals surface area contributed by atoms with Crippen molar-refractivity contribution in [2.45, 2.75) is 22.3 Å². The molecule has 0 bridgehead atoms. The van der Waals surface area contributed by atoms with E-state index in [9.17, 15) is 8.42 Å². The highest BCUT2D eigenvalue weighted by molar-refractivity contribution is 7.91. The monoisotopic (exact) mass is 291 g/mol. The van der Waals surface area contributed by atoms with Crippen LogP contribution in [0.3, 0.4) is 0 Å². The number of benzene rings is 2. The molecule has 0 amide bonds. The lowest BCUT2D eigenvalue weighted by Crippen LogP contribution is -2.26. The second-order valence-corrected chi connectivity index (χ2v) is 6.56. The van der Waals surface area contributed by atoms with Gasteiger partial charge < -0.3 is 10.8 Å². The van der Waals surface area contributed by atoms with Crippen molar-refractivity contribution < 1.29 is 13.5 Å². The second-order valence-electron chi connectivity index (χ2n) is 4.61. The Morgan fingerprint density at radius 3 is 2.05 bits per heavy atom. The SMILES string of the molecule is N[C@H](CO)Cc1ccc(S(=O)(=O)c2ccccc2)cc1. The molecule has 0 aliphatic carbocycles. The van der Waals surface area contributed by atoms with Gasteiger partial charge in [-0.25, -0.2) is 8.42 Å². The van der Waals surface area contributed by atoms with Gasteiger partial charge in [0.05, 0.1) is 16.4 Å². The van der Waals surface area contributed by atoms with E-state index in [-0.39, 0.29) is 22.4 Å². The van der Waals surface area contributed by atoms with Crippen LogP contribution in [0, 0.1) is 0 Å². The summed E-state index contributed by atoms with van der Waals surface area (Å²) in [4.78, 5) is 0.532. The molecule has 3 N–H and O–H groups in total. The van der Waals surface area contributed by atoms with Gasteiger partial charge in [-0.15, -0.1) is 0 Å². The molecule has 2 aromatic rings. The average molecular weight is 291 g/mol. The molecule has 0 heterocycles. The van der Waals surface area contributed by atoms with E-state index in [0.717, 1.165) is 5.56 Å². The molecular weight excluding hydrogens is 274 g/mol. The maximum absolute atomic E-state index is 12.4. The summed E-state index contributed by atoms with van der Waals surface area (Å²) >= 11 is 0. The maximum atomic E-state index is 12.4. The Labute approximate surface area is 118 Å². The Bertz CT molecular complexity index is 651. The van der Waals surface area contributed by atoms with Crippen molar-refractivity contribution in [2.24, 2.45) is 5.73 Å². The Morgan fingerprint density at radius 1 is 0.950 bits per heavy atom. The zero-order valence-electron chi connectivity index (χ0n) is 10.9. The quantitative estimate of drug-likeness (QED) is 0.872. The van der Waals surface area contributed by atoms with Gasteiger partial charge in [-0.3, -0.25) is 0 Å². The maximum Gasteiger partial charge on any atom is 0.206 e. The molecule has 0 aliphatic rings. The zero-order chi connectivity index (χ0) is 14.6. The zero-order valence-corrected chi connectivity index (χ0v) is 11.8. The van der Waals surface area contributed by atoms with Crippen LogP contribution in [0.25, 0.3) is 0 Å². The summed E-state index contributed by atoms with van der Waals surface area (Å²) in [7, 11) is -3.47. The van der Waals surface area contributed by atoms with Crippen molar-refractivity contribution in [3.05, 3.63) is 60.2 Å². The lowest BCUT2D eigenvalue weighted by atomic mass is 10.1. The minimum Gasteiger partial charge on any atom is -0.395 e. The summed E-state index contributed by atoms with van der Waals surface area (Å²) in [5.74, 6) is 0. The van der Waals surface area contributed by atoms with Crippen LogP contribution >= 0.6 is 0 Å². The molecule has 0 fully saturated rings. The third-order valence-electron chi connectivity index (χ3n) is 3.02. The molecule has 0 saturated heterocycles. The lowest BCUT2D eigenvalue weighted by molar-refractivity contribution is 0.265. The highest BCUT2D eigenvalue weighted by atomic mass is 32.2. The minimum absolute atomic E-state index is 0.0932. The van der Waals surface area contributed by atoms with Gasteiger partial charge in [0.1, 0.15) is 0 Å². The summed E-state index contributed by atoms with van der Waals surface area (Å²) in [6.07, 6.45) is 0.516. The van der Waals surface area contributed by atoms with E-state index in [1.54, 1.807) is 54.6 Å². The van der Waals surface area contributed by atoms with Crippen LogP contribution in [0.2, 0.25) is 0 Å². The van der Waals surface area contributed by atoms with E-state index in [1.165, 1.54) is 0 Å². The van der Waals surface area contributed by atoms with E-state index in [0.29, 0.717) is 6.42 Å². The van der Waals surface area contributed by atoms with Gasteiger partial charge in [0.15, 0.2) is 0 Å². The van der Waals surface area contributed by atoms with Crippen LogP contribution in [0.5, 0.6) is 0 Å². The molecule has 2 aromatic carbocycles. The van der Waals surface area contributed by atoms with E-state index < -0.39 is 9.84 Å². The molecular formula is C15H17NO3S. The topological polar surface area (TPSA) is 80.4 Å². The fourth-order valence-corrected chi connectivity index (χ4v) is 3.19. The van der Waals surface area contributed by atoms with Crippen molar-refractivity contribution in [1.82, 2.24) is 0 Å². The smallest absolute Gasteiger partial charge is 0.206 e. The number of hydrogen-bond donors (Lipinski definition) is 2. The van der Waals surface area contributed by atoms with Gasteiger partial charge in [-0.1, -0.05) is 30.3 Å². The molecule has 0 aliphatic heterocycles. The fraction of sp³-hybridized carbons (Fsp3) is 0.200. The first-order valence-electron chi connectivity index (χ1n) is 6.29. The average Bonchev–Trinajstić information content (AvgIpc) is 2.48. The Kier molecular flexibility index (Phi) is 4.54. The third kappa shape index (κ3) is 3.25. The normalized spacial score (nSPS) is 13.1. The molecule has 0 radical (unpaired) electrons. The fourth-order valence-electron chi connectivity index (χ4n) is 1.91. The van der Waals surface area contributed by atoms with Crippen LogP contribution < -0.4 is 5.73 Å². The first kappa shape index (κ1) is 14.7. The van der Waals surface area contributed by atoms with Crippen molar-refractivity contribution in [2.75, 3.05) is 6.61 Å². The van der Waals surface area contributed by atoms with Crippen LogP contribution in [-0.4, -0.2) is 26.2 Å². The number of sulfone groups is 1. The highest BCUT2D eigenvalue weighted by Gasteiger charge is 2.16. The Balaban J connectivity index is 2.26. The van der Waals surface area contributed by atoms with Gasteiger partial charge in [0, 0.05) is 6.04 Å². The van der Waals surface area contributed by atoms with Crippen molar-refractivity contribution in [1.29, 1.82) is 0 Å². The number of rotatable bonds is 5. The van der Waals surface area contributed by atoms with Gasteiger partial charge in [-0.2, -0.15) is 0 Å². The molecule has 0 aromatic heterocycles. The molecule has 2 rings (SSSR count). The van der Waals surface area contributed by atoms with Crippen molar-refractivity contribution in [3.8, 4) is 0 Å². The first-order chi connectivity index (χ1) is 9.54. The van der Waals surface area contributed by atoms with Crippen LogP contribution in [0.15, 0.2) is 64.4 Å². The van der Waals surface area contributed by atoms with Gasteiger partial charge in [0.25, 0.3) is 0 Å². The van der Waals surface area contributed by atoms with Gasteiger partial charge >= 0.3 is 0 Å². The molecule has 4 nitrogen and oxygen atoms in total. The van der Waals surface area contributed by atoms with Crippen LogP contribution in [0.1, 0.15) is 5.56 Å². The summed E-state index contributed by atoms with van der Waals surface area (Å²) in [6, 6.07) is 14.6. The van der Waals surface area contributed by atoms with Gasteiger partial charge in [0.2, 0.25) is 9.84 Å². The first-order valence-corrected chi connectivity index (χ1v) is 7.78. The van der Waals surface area contributed by atoms with Crippen molar-refractivity contribution in [3.63, 3.8) is 0 Å². The molecule has 0 unspecified atom stereocenters. The summed E-state index contributed by atoms with van der Waals surface area (Å²) in [5, 5.41) is 8.91. The van der Waals surface area contributed by atoms with E-state index in [2.05, 4.69) is 0 Å². The van der Waals surface area contributed by atoms with E-state index in [1.807, 2.05) is 0 Å². The minimum atomic E-state index is -3.47. The molecule has 0 spiro atoms. The standard InChI is InChI=1S/C15H17NO3S/c16-13(11-17)10-12-6-8-15(9-7-12)20(18,19)14-4-2-1-3-5-14/h1-9,13,17H,10-11,16H2/t13-/m0/s1. The van der Waals surface area contributed by atoms with Crippen molar-refractivity contribution >= 4 is 9.84 Å². The summed E-state index contributed by atoms with van der Waals surface area (Å²) in [5.41, 5.74) is 6.55. The predicted octanol–water partition coefficient (Wildman–Crippen LogP) is 1.38. The van der Waals surface area contributed by atoms with E-state index in [4.69, 9.17) is 10.8 Å². The van der Waals surface area contributed by atoms with E-state index >= 15 is 0 Å². The van der Waals surface area contributed by atoms with Crippen LogP contribution in [0.4, 0.5) is 0 Å². The number of aliphatic hydroxyl groups excluding tert-OH is 1. The molecule has 20 heavy (non-hydrogen) atoms. The predicted molar refractivity (Wildman–Crippen MR) is 77.1 cm³/mol. The lowest BCUT2D eigenvalue weighted by Gasteiger charge is -2.09. The Hall–Kier alpha value is -1.69. The second kappa shape index (κ2) is 6.17. The molecule has 106 valence electrons.